The minimum atomic E-state index is -0.412. The Hall–Kier alpha value is -1.39. The van der Waals surface area contributed by atoms with Gasteiger partial charge in [-0.15, -0.1) is 0 Å². The van der Waals surface area contributed by atoms with E-state index in [1.165, 1.54) is 0 Å². The molecule has 2 aliphatic rings. The van der Waals surface area contributed by atoms with Gasteiger partial charge in [-0.25, -0.2) is 0 Å². The van der Waals surface area contributed by atoms with Gasteiger partial charge in [0.2, 0.25) is 5.91 Å². The lowest BCUT2D eigenvalue weighted by atomic mass is 9.72. The SMILES string of the molecule is O=C(N1CCCC1CO)C1(c2ccccc2)CCNCC1. The second kappa shape index (κ2) is 6.16. The fourth-order valence-corrected chi connectivity index (χ4v) is 3.80. The summed E-state index contributed by atoms with van der Waals surface area (Å²) in [6.45, 7) is 2.61. The van der Waals surface area contributed by atoms with Gasteiger partial charge in [-0.1, -0.05) is 30.3 Å². The Morgan fingerprint density at radius 2 is 2.00 bits per heavy atom. The van der Waals surface area contributed by atoms with Crippen LogP contribution in [0.2, 0.25) is 0 Å². The van der Waals surface area contributed by atoms with Crippen LogP contribution in [0.15, 0.2) is 30.3 Å². The zero-order valence-electron chi connectivity index (χ0n) is 12.4. The third kappa shape index (κ3) is 2.58. The highest BCUT2D eigenvalue weighted by atomic mass is 16.3. The van der Waals surface area contributed by atoms with Crippen molar-refractivity contribution in [1.29, 1.82) is 0 Å². The Labute approximate surface area is 126 Å². The van der Waals surface area contributed by atoms with E-state index in [1.807, 2.05) is 23.1 Å². The lowest BCUT2D eigenvalue weighted by Gasteiger charge is -2.41. The number of aliphatic hydroxyl groups is 1. The molecule has 2 heterocycles. The van der Waals surface area contributed by atoms with Crippen LogP contribution < -0.4 is 5.32 Å². The second-order valence-electron chi connectivity index (χ2n) is 6.18. The number of hydrogen-bond donors (Lipinski definition) is 2. The number of carbonyl (C=O) groups excluding carboxylic acids is 1. The van der Waals surface area contributed by atoms with Crippen molar-refractivity contribution in [1.82, 2.24) is 10.2 Å². The summed E-state index contributed by atoms with van der Waals surface area (Å²) in [5.41, 5.74) is 0.713. The van der Waals surface area contributed by atoms with Crippen molar-refractivity contribution in [2.75, 3.05) is 26.2 Å². The number of aliphatic hydroxyl groups excluding tert-OH is 1. The Kier molecular flexibility index (Phi) is 4.27. The molecule has 0 aliphatic carbocycles. The van der Waals surface area contributed by atoms with Crippen molar-refractivity contribution in [2.45, 2.75) is 37.1 Å². The average Bonchev–Trinajstić information content (AvgIpc) is 3.04. The number of nitrogens with one attached hydrogen (secondary N) is 1. The third-order valence-electron chi connectivity index (χ3n) is 5.04. The molecule has 1 aromatic carbocycles. The summed E-state index contributed by atoms with van der Waals surface area (Å²) in [7, 11) is 0. The van der Waals surface area contributed by atoms with Gasteiger partial charge >= 0.3 is 0 Å². The van der Waals surface area contributed by atoms with E-state index in [0.29, 0.717) is 0 Å². The summed E-state index contributed by atoms with van der Waals surface area (Å²) in [4.78, 5) is 15.2. The maximum absolute atomic E-state index is 13.3. The van der Waals surface area contributed by atoms with Crippen LogP contribution in [-0.2, 0) is 10.2 Å². The van der Waals surface area contributed by atoms with Crippen molar-refractivity contribution < 1.29 is 9.90 Å². The number of rotatable bonds is 3. The van der Waals surface area contributed by atoms with Crippen molar-refractivity contribution in [3.8, 4) is 0 Å². The Balaban J connectivity index is 1.94. The highest BCUT2D eigenvalue weighted by Crippen LogP contribution is 2.37. The molecule has 2 aliphatic heterocycles. The number of piperidine rings is 1. The number of likely N-dealkylation sites (tertiary alicyclic amines) is 1. The van der Waals surface area contributed by atoms with E-state index < -0.39 is 5.41 Å². The van der Waals surface area contributed by atoms with Gasteiger partial charge in [0.25, 0.3) is 0 Å². The molecule has 114 valence electrons. The molecule has 4 heteroatoms. The number of amides is 1. The molecule has 2 saturated heterocycles. The first-order valence-electron chi connectivity index (χ1n) is 7.96. The fourth-order valence-electron chi connectivity index (χ4n) is 3.80. The van der Waals surface area contributed by atoms with Crippen LogP contribution in [0.3, 0.4) is 0 Å². The van der Waals surface area contributed by atoms with Crippen LogP contribution in [0.25, 0.3) is 0 Å². The fraction of sp³-hybridized carbons (Fsp3) is 0.588. The molecule has 0 aromatic heterocycles. The molecule has 2 fully saturated rings. The first kappa shape index (κ1) is 14.5. The molecule has 0 radical (unpaired) electrons. The first-order valence-corrected chi connectivity index (χ1v) is 7.96. The van der Waals surface area contributed by atoms with Crippen LogP contribution >= 0.6 is 0 Å². The molecule has 1 amide bonds. The van der Waals surface area contributed by atoms with E-state index >= 15 is 0 Å². The van der Waals surface area contributed by atoms with Crippen LogP contribution in [0.4, 0.5) is 0 Å². The van der Waals surface area contributed by atoms with Crippen LogP contribution in [-0.4, -0.2) is 48.2 Å². The predicted molar refractivity (Wildman–Crippen MR) is 82.0 cm³/mol. The molecule has 1 atom stereocenters. The van der Waals surface area contributed by atoms with Gasteiger partial charge in [-0.3, -0.25) is 4.79 Å². The van der Waals surface area contributed by atoms with Gasteiger partial charge in [0.15, 0.2) is 0 Å². The van der Waals surface area contributed by atoms with Gasteiger partial charge in [0, 0.05) is 6.54 Å². The molecule has 2 N–H and O–H groups in total. The summed E-state index contributed by atoms with van der Waals surface area (Å²) in [6, 6.07) is 10.2. The third-order valence-corrected chi connectivity index (χ3v) is 5.04. The maximum Gasteiger partial charge on any atom is 0.233 e. The van der Waals surface area contributed by atoms with E-state index in [1.54, 1.807) is 0 Å². The maximum atomic E-state index is 13.3. The van der Waals surface area contributed by atoms with Gasteiger partial charge in [0.05, 0.1) is 18.1 Å². The number of nitrogens with zero attached hydrogens (tertiary/aromatic N) is 1. The van der Waals surface area contributed by atoms with Crippen molar-refractivity contribution in [2.24, 2.45) is 0 Å². The molecular formula is C17H24N2O2. The molecule has 1 unspecified atom stereocenters. The zero-order valence-corrected chi connectivity index (χ0v) is 12.4. The quantitative estimate of drug-likeness (QED) is 0.881. The molecule has 4 nitrogen and oxygen atoms in total. The standard InChI is InChI=1S/C17H24N2O2/c20-13-15-7-4-12-19(15)16(21)17(8-10-18-11-9-17)14-5-2-1-3-6-14/h1-3,5-6,15,18,20H,4,7-13H2. The minimum Gasteiger partial charge on any atom is -0.394 e. The summed E-state index contributed by atoms with van der Waals surface area (Å²) in [6.07, 6.45) is 3.60. The van der Waals surface area contributed by atoms with Gasteiger partial charge in [-0.2, -0.15) is 0 Å². The summed E-state index contributed by atoms with van der Waals surface area (Å²) >= 11 is 0. The molecular weight excluding hydrogens is 264 g/mol. The average molecular weight is 288 g/mol. The number of benzene rings is 1. The van der Waals surface area contributed by atoms with Crippen molar-refractivity contribution in [3.63, 3.8) is 0 Å². The summed E-state index contributed by atoms with van der Waals surface area (Å²) in [5.74, 6) is 0.215. The lowest BCUT2D eigenvalue weighted by molar-refractivity contribution is -0.140. The van der Waals surface area contributed by atoms with E-state index in [9.17, 15) is 9.90 Å². The van der Waals surface area contributed by atoms with E-state index in [0.717, 1.165) is 50.9 Å². The zero-order chi connectivity index (χ0) is 14.7. The van der Waals surface area contributed by atoms with Crippen LogP contribution in [0, 0.1) is 0 Å². The topological polar surface area (TPSA) is 52.6 Å². The van der Waals surface area contributed by atoms with Gasteiger partial charge in [0.1, 0.15) is 0 Å². The van der Waals surface area contributed by atoms with E-state index in [-0.39, 0.29) is 18.6 Å². The first-order chi connectivity index (χ1) is 10.3. The molecule has 0 bridgehead atoms. The summed E-state index contributed by atoms with van der Waals surface area (Å²) < 4.78 is 0. The van der Waals surface area contributed by atoms with E-state index in [2.05, 4.69) is 17.4 Å². The Bertz CT molecular complexity index is 483. The number of hydrogen-bond acceptors (Lipinski definition) is 3. The molecule has 3 rings (SSSR count). The minimum absolute atomic E-state index is 0.00738. The highest BCUT2D eigenvalue weighted by Gasteiger charge is 2.45. The monoisotopic (exact) mass is 288 g/mol. The van der Waals surface area contributed by atoms with Crippen molar-refractivity contribution in [3.05, 3.63) is 35.9 Å². The molecule has 21 heavy (non-hydrogen) atoms. The second-order valence-corrected chi connectivity index (χ2v) is 6.18. The molecule has 0 spiro atoms. The Morgan fingerprint density at radius 3 is 2.67 bits per heavy atom. The highest BCUT2D eigenvalue weighted by molar-refractivity contribution is 5.89. The molecule has 1 aromatic rings. The normalized spacial score (nSPS) is 25.0. The van der Waals surface area contributed by atoms with Gasteiger partial charge < -0.3 is 15.3 Å². The van der Waals surface area contributed by atoms with Crippen molar-refractivity contribution >= 4 is 5.91 Å². The van der Waals surface area contributed by atoms with Crippen LogP contribution in [0.1, 0.15) is 31.2 Å². The van der Waals surface area contributed by atoms with E-state index in [4.69, 9.17) is 0 Å². The molecule has 0 saturated carbocycles. The lowest BCUT2D eigenvalue weighted by Crippen LogP contribution is -2.53. The predicted octanol–water partition coefficient (Wildman–Crippen LogP) is 1.29. The smallest absolute Gasteiger partial charge is 0.233 e. The van der Waals surface area contributed by atoms with Crippen LogP contribution in [0.5, 0.6) is 0 Å². The Morgan fingerprint density at radius 1 is 1.29 bits per heavy atom. The largest absolute Gasteiger partial charge is 0.394 e. The van der Waals surface area contributed by atoms with Gasteiger partial charge in [-0.05, 0) is 44.3 Å². The summed E-state index contributed by atoms with van der Waals surface area (Å²) in [5, 5.41) is 12.9. The number of carbonyl (C=O) groups is 1.